The molecule has 0 bridgehead atoms. The van der Waals surface area contributed by atoms with Crippen LogP contribution >= 0.6 is 11.6 Å². The Morgan fingerprint density at radius 2 is 1.88 bits per heavy atom. The molecule has 1 N–H and O–H groups in total. The van der Waals surface area contributed by atoms with Gasteiger partial charge in [-0.25, -0.2) is 8.42 Å². The number of carbonyl (C=O) groups excluding carboxylic acids is 2. The second-order valence-corrected chi connectivity index (χ2v) is 8.45. The molecule has 1 aliphatic rings. The Bertz CT molecular complexity index is 768. The highest BCUT2D eigenvalue weighted by Gasteiger charge is 2.36. The summed E-state index contributed by atoms with van der Waals surface area (Å²) in [6.45, 7) is 1.58. The van der Waals surface area contributed by atoms with E-state index in [4.69, 9.17) is 21.5 Å². The van der Waals surface area contributed by atoms with Crippen LogP contribution in [0.25, 0.3) is 0 Å². The number of sulfone groups is 1. The number of hydrogen-bond acceptors (Lipinski definition) is 5. The SMILES string of the molecule is C[C@H]1C(=O)N(Cc2ccccc2Cl)CC(=O)N1CCS(C)(=O)=O.O=CO. The third kappa shape index (κ3) is 6.30. The van der Waals surface area contributed by atoms with E-state index in [2.05, 4.69) is 0 Å². The van der Waals surface area contributed by atoms with Gasteiger partial charge in [0, 0.05) is 24.4 Å². The first-order valence-corrected chi connectivity index (χ1v) is 10.1. The molecule has 0 radical (unpaired) electrons. The average molecular weight is 405 g/mol. The number of carbonyl (C=O) groups is 3. The first-order valence-electron chi connectivity index (χ1n) is 7.68. The minimum Gasteiger partial charge on any atom is -0.483 e. The number of piperazine rings is 1. The molecule has 0 aromatic heterocycles. The molecular weight excluding hydrogens is 384 g/mol. The average Bonchev–Trinajstić information content (AvgIpc) is 2.54. The fraction of sp³-hybridized carbons (Fsp3) is 0.438. The summed E-state index contributed by atoms with van der Waals surface area (Å²) in [7, 11) is -3.19. The molecule has 8 nitrogen and oxygen atoms in total. The van der Waals surface area contributed by atoms with E-state index < -0.39 is 15.9 Å². The topological polar surface area (TPSA) is 112 Å². The molecule has 1 aromatic rings. The van der Waals surface area contributed by atoms with Crippen molar-refractivity contribution in [1.82, 2.24) is 9.80 Å². The zero-order valence-electron chi connectivity index (χ0n) is 14.5. The summed E-state index contributed by atoms with van der Waals surface area (Å²) in [5, 5.41) is 7.43. The van der Waals surface area contributed by atoms with Crippen molar-refractivity contribution in [2.24, 2.45) is 0 Å². The van der Waals surface area contributed by atoms with E-state index in [9.17, 15) is 18.0 Å². The van der Waals surface area contributed by atoms with Crippen molar-refractivity contribution in [3.05, 3.63) is 34.9 Å². The highest BCUT2D eigenvalue weighted by Crippen LogP contribution is 2.20. The second kappa shape index (κ2) is 9.54. The van der Waals surface area contributed by atoms with Crippen molar-refractivity contribution in [3.63, 3.8) is 0 Å². The van der Waals surface area contributed by atoms with E-state index in [1.165, 1.54) is 9.80 Å². The van der Waals surface area contributed by atoms with E-state index in [0.29, 0.717) is 5.02 Å². The lowest BCUT2D eigenvalue weighted by Crippen LogP contribution is -2.59. The van der Waals surface area contributed by atoms with Gasteiger partial charge in [0.15, 0.2) is 0 Å². The number of halogens is 1. The summed E-state index contributed by atoms with van der Waals surface area (Å²) >= 11 is 6.09. The van der Waals surface area contributed by atoms with Gasteiger partial charge in [-0.05, 0) is 18.6 Å². The predicted molar refractivity (Wildman–Crippen MR) is 96.4 cm³/mol. The highest BCUT2D eigenvalue weighted by atomic mass is 35.5. The molecule has 0 aliphatic carbocycles. The van der Waals surface area contributed by atoms with E-state index in [1.807, 2.05) is 6.07 Å². The summed E-state index contributed by atoms with van der Waals surface area (Å²) in [5.74, 6) is -0.619. The number of nitrogens with zero attached hydrogens (tertiary/aromatic N) is 2. The lowest BCUT2D eigenvalue weighted by atomic mass is 10.1. The molecule has 26 heavy (non-hydrogen) atoms. The van der Waals surface area contributed by atoms with Crippen LogP contribution < -0.4 is 0 Å². The van der Waals surface area contributed by atoms with Crippen molar-refractivity contribution >= 4 is 39.7 Å². The minimum absolute atomic E-state index is 0.0322. The van der Waals surface area contributed by atoms with Gasteiger partial charge in [0.25, 0.3) is 6.47 Å². The molecule has 1 aliphatic heterocycles. The van der Waals surface area contributed by atoms with Gasteiger partial charge in [-0.1, -0.05) is 29.8 Å². The third-order valence-corrected chi connectivity index (χ3v) is 5.10. The summed E-state index contributed by atoms with van der Waals surface area (Å²) in [6.07, 6.45) is 1.11. The summed E-state index contributed by atoms with van der Waals surface area (Å²) < 4.78 is 22.5. The summed E-state index contributed by atoms with van der Waals surface area (Å²) in [5.41, 5.74) is 0.770. The van der Waals surface area contributed by atoms with Crippen molar-refractivity contribution < 1.29 is 27.9 Å². The van der Waals surface area contributed by atoms with Gasteiger partial charge in [-0.3, -0.25) is 14.4 Å². The normalized spacial score (nSPS) is 17.6. The number of hydrogen-bond donors (Lipinski definition) is 1. The van der Waals surface area contributed by atoms with Crippen LogP contribution in [0.2, 0.25) is 5.02 Å². The van der Waals surface area contributed by atoms with Gasteiger partial charge in [0.05, 0.1) is 5.75 Å². The lowest BCUT2D eigenvalue weighted by Gasteiger charge is -2.38. The molecule has 1 aromatic carbocycles. The lowest BCUT2D eigenvalue weighted by molar-refractivity contribution is -0.155. The van der Waals surface area contributed by atoms with Crippen molar-refractivity contribution in [1.29, 1.82) is 0 Å². The van der Waals surface area contributed by atoms with Gasteiger partial charge in [0.1, 0.15) is 22.4 Å². The fourth-order valence-electron chi connectivity index (χ4n) is 2.49. The zero-order chi connectivity index (χ0) is 19.9. The Morgan fingerprint density at radius 3 is 2.42 bits per heavy atom. The van der Waals surface area contributed by atoms with Gasteiger partial charge >= 0.3 is 0 Å². The van der Waals surface area contributed by atoms with E-state index in [-0.39, 0.29) is 43.7 Å². The highest BCUT2D eigenvalue weighted by molar-refractivity contribution is 7.90. The zero-order valence-corrected chi connectivity index (χ0v) is 16.0. The quantitative estimate of drug-likeness (QED) is 0.721. The Kier molecular flexibility index (Phi) is 8.04. The standard InChI is InChI=1S/C15H19ClN2O4S.CH2O2/c1-11-15(20)17(9-12-5-3-4-6-13(12)16)10-14(19)18(11)7-8-23(2,21)22;2-1-3/h3-6,11H,7-10H2,1-2H3;1H,(H,2,3)/t11-;/m0./s1. The molecule has 1 saturated heterocycles. The Morgan fingerprint density at radius 1 is 1.31 bits per heavy atom. The van der Waals surface area contributed by atoms with Crippen LogP contribution in [-0.4, -0.2) is 72.8 Å². The van der Waals surface area contributed by atoms with Crippen LogP contribution in [0.4, 0.5) is 0 Å². The Labute approximate surface area is 157 Å². The first-order chi connectivity index (χ1) is 12.1. The van der Waals surface area contributed by atoms with E-state index >= 15 is 0 Å². The summed E-state index contributed by atoms with van der Waals surface area (Å²) in [6, 6.07) is 6.47. The molecule has 10 heteroatoms. The molecular formula is C16H21ClN2O6S. The number of benzene rings is 1. The first kappa shape index (κ1) is 21.9. The van der Waals surface area contributed by atoms with Gasteiger partial charge < -0.3 is 14.9 Å². The largest absolute Gasteiger partial charge is 0.483 e. The van der Waals surface area contributed by atoms with Crippen LogP contribution in [-0.2, 0) is 30.8 Å². The van der Waals surface area contributed by atoms with Crippen LogP contribution in [0.5, 0.6) is 0 Å². The van der Waals surface area contributed by atoms with Crippen LogP contribution in [0, 0.1) is 0 Å². The van der Waals surface area contributed by atoms with Crippen molar-refractivity contribution in [3.8, 4) is 0 Å². The van der Waals surface area contributed by atoms with Gasteiger partial charge in [-0.15, -0.1) is 0 Å². The maximum Gasteiger partial charge on any atom is 0.290 e. The molecule has 1 heterocycles. The van der Waals surface area contributed by atoms with Crippen molar-refractivity contribution in [2.45, 2.75) is 19.5 Å². The Hall–Kier alpha value is -2.13. The Balaban J connectivity index is 0.00000105. The maximum atomic E-state index is 12.5. The third-order valence-electron chi connectivity index (χ3n) is 3.81. The molecule has 2 rings (SSSR count). The summed E-state index contributed by atoms with van der Waals surface area (Å²) in [4.78, 5) is 35.9. The molecule has 1 atom stereocenters. The van der Waals surface area contributed by atoms with Crippen LogP contribution in [0.3, 0.4) is 0 Å². The fourth-order valence-corrected chi connectivity index (χ4v) is 3.22. The molecule has 1 fully saturated rings. The van der Waals surface area contributed by atoms with E-state index in [1.54, 1.807) is 25.1 Å². The van der Waals surface area contributed by atoms with Crippen molar-refractivity contribution in [2.75, 3.05) is 25.1 Å². The molecule has 0 saturated carbocycles. The minimum atomic E-state index is -3.19. The maximum absolute atomic E-state index is 12.5. The number of carboxylic acid groups (broad SMARTS) is 1. The van der Waals surface area contributed by atoms with E-state index in [0.717, 1.165) is 11.8 Å². The molecule has 0 spiro atoms. The number of amides is 2. The van der Waals surface area contributed by atoms with Gasteiger partial charge in [0.2, 0.25) is 11.8 Å². The second-order valence-electron chi connectivity index (χ2n) is 5.78. The monoisotopic (exact) mass is 404 g/mol. The molecule has 0 unspecified atom stereocenters. The van der Waals surface area contributed by atoms with Gasteiger partial charge in [-0.2, -0.15) is 0 Å². The smallest absolute Gasteiger partial charge is 0.290 e. The number of rotatable bonds is 5. The predicted octanol–water partition coefficient (Wildman–Crippen LogP) is 0.645. The van der Waals surface area contributed by atoms with Crippen LogP contribution in [0.15, 0.2) is 24.3 Å². The molecule has 2 amide bonds. The molecule has 144 valence electrons. The van der Waals surface area contributed by atoms with Crippen LogP contribution in [0.1, 0.15) is 12.5 Å².